The third-order valence-corrected chi connectivity index (χ3v) is 13.3. The highest BCUT2D eigenvalue weighted by Gasteiger charge is 2.17. The van der Waals surface area contributed by atoms with Gasteiger partial charge in [0.2, 0.25) is 0 Å². The van der Waals surface area contributed by atoms with Crippen LogP contribution in [0.1, 0.15) is 316 Å². The summed E-state index contributed by atoms with van der Waals surface area (Å²) in [6.07, 6.45) is 74.2. The molecule has 0 N–H and O–H groups in total. The Hall–Kier alpha value is -2.14. The van der Waals surface area contributed by atoms with Crippen LogP contribution < -0.4 is 0 Å². The second kappa shape index (κ2) is 59.2. The Morgan fingerprint density at radius 2 is 0.618 bits per heavy atom. The van der Waals surface area contributed by atoms with Gasteiger partial charge in [-0.25, -0.2) is 0 Å². The van der Waals surface area contributed by atoms with Crippen LogP contribution in [0, 0.1) is 0 Å². The molecule has 0 bridgehead atoms. The standard InChI is InChI=1S/C63H116O5/c1-4-7-10-13-16-19-22-25-28-31-32-34-35-38-41-44-47-50-53-56-62(64)67-60-61(59-66-58-55-52-49-46-43-40-37-30-27-24-21-18-15-12-9-6-3)68-63(65)57-54-51-48-45-42-39-36-33-29-26-23-20-17-14-11-8-5-2/h17,20,25-30,61H,4-16,18-19,21-24,31-60H2,1-3H3/b20-17-,28-25-,29-26-,30-27-. The van der Waals surface area contributed by atoms with Crippen LogP contribution in [0.2, 0.25) is 0 Å². The maximum absolute atomic E-state index is 12.9. The monoisotopic (exact) mass is 953 g/mol. The zero-order valence-electron chi connectivity index (χ0n) is 45.9. The number of unbranched alkanes of at least 4 members (excludes halogenated alkanes) is 37. The summed E-state index contributed by atoms with van der Waals surface area (Å²) in [4.78, 5) is 25.6. The highest BCUT2D eigenvalue weighted by molar-refractivity contribution is 5.70. The lowest BCUT2D eigenvalue weighted by Gasteiger charge is -2.18. The van der Waals surface area contributed by atoms with E-state index in [1.807, 2.05) is 0 Å². The van der Waals surface area contributed by atoms with Crippen molar-refractivity contribution in [3.63, 3.8) is 0 Å². The summed E-state index contributed by atoms with van der Waals surface area (Å²) in [5, 5.41) is 0. The largest absolute Gasteiger partial charge is 0.462 e. The number of carbonyl (C=O) groups is 2. The number of rotatable bonds is 56. The molecule has 0 fully saturated rings. The average molecular weight is 954 g/mol. The Kier molecular flexibility index (Phi) is 57.3. The van der Waals surface area contributed by atoms with Gasteiger partial charge in [0, 0.05) is 19.4 Å². The zero-order chi connectivity index (χ0) is 49.2. The van der Waals surface area contributed by atoms with Crippen LogP contribution in [0.4, 0.5) is 0 Å². The van der Waals surface area contributed by atoms with E-state index in [9.17, 15) is 9.59 Å². The lowest BCUT2D eigenvalue weighted by molar-refractivity contribution is -0.163. The van der Waals surface area contributed by atoms with E-state index in [0.717, 1.165) is 51.4 Å². The van der Waals surface area contributed by atoms with Crippen LogP contribution in [-0.4, -0.2) is 37.9 Å². The Labute approximate surface area is 424 Å². The molecule has 0 radical (unpaired) electrons. The smallest absolute Gasteiger partial charge is 0.306 e. The fraction of sp³-hybridized carbons (Fsp3) is 0.841. The molecule has 398 valence electrons. The molecule has 68 heavy (non-hydrogen) atoms. The van der Waals surface area contributed by atoms with Crippen molar-refractivity contribution in [2.45, 2.75) is 322 Å². The van der Waals surface area contributed by atoms with E-state index in [1.54, 1.807) is 0 Å². The lowest BCUT2D eigenvalue weighted by atomic mass is 10.1. The van der Waals surface area contributed by atoms with Crippen LogP contribution in [0.15, 0.2) is 48.6 Å². The minimum absolute atomic E-state index is 0.0812. The Morgan fingerprint density at radius 1 is 0.324 bits per heavy atom. The average Bonchev–Trinajstić information content (AvgIpc) is 3.34. The van der Waals surface area contributed by atoms with Crippen molar-refractivity contribution in [3.05, 3.63) is 48.6 Å². The molecule has 0 aliphatic heterocycles. The predicted molar refractivity (Wildman–Crippen MR) is 298 cm³/mol. The van der Waals surface area contributed by atoms with Crippen LogP contribution in [0.3, 0.4) is 0 Å². The molecule has 0 aromatic carbocycles. The molecular weight excluding hydrogens is 837 g/mol. The van der Waals surface area contributed by atoms with E-state index in [0.29, 0.717) is 19.4 Å². The number of ether oxygens (including phenoxy) is 3. The SMILES string of the molecule is CCCCC/C=C\C/C=C\CCCCCCCCCC(=O)OC(COCCCCCCCC/C=C\CCCCCCCC)COC(=O)CCCCCCCCCCC/C=C\CCCCCCCC. The molecule has 5 heteroatoms. The minimum atomic E-state index is -0.544. The second-order valence-electron chi connectivity index (χ2n) is 20.2. The van der Waals surface area contributed by atoms with Crippen LogP contribution in [0.25, 0.3) is 0 Å². The molecule has 1 atom stereocenters. The lowest BCUT2D eigenvalue weighted by Crippen LogP contribution is -2.30. The Bertz CT molecular complexity index is 1120. The van der Waals surface area contributed by atoms with Gasteiger partial charge in [0.15, 0.2) is 6.10 Å². The zero-order valence-corrected chi connectivity index (χ0v) is 45.9. The van der Waals surface area contributed by atoms with Crippen molar-refractivity contribution in [2.75, 3.05) is 19.8 Å². The molecule has 0 heterocycles. The quantitative estimate of drug-likeness (QED) is 0.0345. The molecule has 0 aliphatic rings. The number of allylic oxidation sites excluding steroid dienone is 8. The van der Waals surface area contributed by atoms with E-state index < -0.39 is 6.10 Å². The number of hydrogen-bond acceptors (Lipinski definition) is 5. The highest BCUT2D eigenvalue weighted by Crippen LogP contribution is 2.16. The number of esters is 2. The topological polar surface area (TPSA) is 61.8 Å². The summed E-state index contributed by atoms with van der Waals surface area (Å²) >= 11 is 0. The predicted octanol–water partition coefficient (Wildman–Crippen LogP) is 20.7. The molecule has 0 spiro atoms. The normalized spacial score (nSPS) is 12.5. The summed E-state index contributed by atoms with van der Waals surface area (Å²) in [6.45, 7) is 7.82. The van der Waals surface area contributed by atoms with Crippen molar-refractivity contribution < 1.29 is 23.8 Å². The summed E-state index contributed by atoms with van der Waals surface area (Å²) in [6, 6.07) is 0. The van der Waals surface area contributed by atoms with E-state index in [2.05, 4.69) is 69.4 Å². The van der Waals surface area contributed by atoms with Crippen LogP contribution >= 0.6 is 0 Å². The van der Waals surface area contributed by atoms with Gasteiger partial charge in [-0.05, 0) is 103 Å². The molecule has 0 saturated heterocycles. The first kappa shape index (κ1) is 65.9. The van der Waals surface area contributed by atoms with Gasteiger partial charge in [0.25, 0.3) is 0 Å². The van der Waals surface area contributed by atoms with Crippen molar-refractivity contribution in [2.24, 2.45) is 0 Å². The molecule has 5 nitrogen and oxygen atoms in total. The van der Waals surface area contributed by atoms with E-state index >= 15 is 0 Å². The van der Waals surface area contributed by atoms with Gasteiger partial charge >= 0.3 is 11.9 Å². The van der Waals surface area contributed by atoms with Gasteiger partial charge in [-0.15, -0.1) is 0 Å². The molecule has 0 aliphatic carbocycles. The molecule has 0 rings (SSSR count). The third kappa shape index (κ3) is 56.4. The fourth-order valence-corrected chi connectivity index (χ4v) is 8.77. The number of carbonyl (C=O) groups excluding carboxylic acids is 2. The Balaban J connectivity index is 4.27. The second-order valence-corrected chi connectivity index (χ2v) is 20.2. The highest BCUT2D eigenvalue weighted by atomic mass is 16.6. The summed E-state index contributed by atoms with van der Waals surface area (Å²) in [7, 11) is 0. The molecule has 0 amide bonds. The molecule has 0 saturated carbocycles. The first-order chi connectivity index (χ1) is 33.6. The van der Waals surface area contributed by atoms with Gasteiger partial charge < -0.3 is 14.2 Å². The van der Waals surface area contributed by atoms with E-state index in [-0.39, 0.29) is 25.2 Å². The molecule has 1 unspecified atom stereocenters. The van der Waals surface area contributed by atoms with E-state index in [4.69, 9.17) is 14.2 Å². The number of hydrogen-bond donors (Lipinski definition) is 0. The molecular formula is C63H116O5. The van der Waals surface area contributed by atoms with Gasteiger partial charge in [-0.3, -0.25) is 9.59 Å². The molecule has 0 aromatic heterocycles. The van der Waals surface area contributed by atoms with Crippen molar-refractivity contribution in [1.82, 2.24) is 0 Å². The van der Waals surface area contributed by atoms with Crippen molar-refractivity contribution in [3.8, 4) is 0 Å². The maximum atomic E-state index is 12.9. The van der Waals surface area contributed by atoms with Gasteiger partial charge in [0.05, 0.1) is 6.61 Å². The summed E-state index contributed by atoms with van der Waals surface area (Å²) in [5.41, 5.74) is 0. The van der Waals surface area contributed by atoms with Crippen LogP contribution in [-0.2, 0) is 23.8 Å². The van der Waals surface area contributed by atoms with Gasteiger partial charge in [-0.1, -0.05) is 249 Å². The van der Waals surface area contributed by atoms with Gasteiger partial charge in [0.1, 0.15) is 6.61 Å². The first-order valence-corrected chi connectivity index (χ1v) is 30.2. The summed E-state index contributed by atoms with van der Waals surface area (Å²) in [5.74, 6) is -0.396. The van der Waals surface area contributed by atoms with E-state index in [1.165, 1.54) is 231 Å². The third-order valence-electron chi connectivity index (χ3n) is 13.3. The first-order valence-electron chi connectivity index (χ1n) is 30.2. The maximum Gasteiger partial charge on any atom is 0.306 e. The van der Waals surface area contributed by atoms with Crippen molar-refractivity contribution >= 4 is 11.9 Å². The van der Waals surface area contributed by atoms with Crippen LogP contribution in [0.5, 0.6) is 0 Å². The van der Waals surface area contributed by atoms with Crippen molar-refractivity contribution in [1.29, 1.82) is 0 Å². The fourth-order valence-electron chi connectivity index (χ4n) is 8.77. The molecule has 0 aromatic rings. The Morgan fingerprint density at radius 3 is 1.01 bits per heavy atom. The minimum Gasteiger partial charge on any atom is -0.462 e. The summed E-state index contributed by atoms with van der Waals surface area (Å²) < 4.78 is 17.5. The van der Waals surface area contributed by atoms with Gasteiger partial charge in [-0.2, -0.15) is 0 Å².